The van der Waals surface area contributed by atoms with Gasteiger partial charge in [-0.25, -0.2) is 0 Å². The van der Waals surface area contributed by atoms with Crippen LogP contribution in [0.25, 0.3) is 0 Å². The molecular formula is C12H17BrN2O2. The van der Waals surface area contributed by atoms with Crippen LogP contribution >= 0.6 is 15.9 Å². The van der Waals surface area contributed by atoms with Crippen LogP contribution in [0.3, 0.4) is 0 Å². The van der Waals surface area contributed by atoms with Gasteiger partial charge >= 0.3 is 0 Å². The number of rotatable bonds is 5. The molecular weight excluding hydrogens is 284 g/mol. The smallest absolute Gasteiger partial charge is 0.250 e. The molecule has 0 aliphatic carbocycles. The highest BCUT2D eigenvalue weighted by Gasteiger charge is 2.11. The lowest BCUT2D eigenvalue weighted by Crippen LogP contribution is -2.38. The van der Waals surface area contributed by atoms with E-state index in [2.05, 4.69) is 21.2 Å². The van der Waals surface area contributed by atoms with E-state index >= 15 is 0 Å². The maximum absolute atomic E-state index is 11.5. The molecule has 1 aromatic rings. The molecule has 0 saturated carbocycles. The van der Waals surface area contributed by atoms with Crippen LogP contribution in [-0.4, -0.2) is 24.7 Å². The topological polar surface area (TPSA) is 64.3 Å². The minimum Gasteiger partial charge on any atom is -0.370 e. The van der Waals surface area contributed by atoms with Crippen LogP contribution in [0.15, 0.2) is 28.7 Å². The van der Waals surface area contributed by atoms with Crippen LogP contribution in [0.5, 0.6) is 0 Å². The Bertz CT molecular complexity index is 371. The van der Waals surface area contributed by atoms with E-state index < -0.39 is 5.54 Å². The van der Waals surface area contributed by atoms with Gasteiger partial charge in [-0.05, 0) is 38.1 Å². The molecule has 17 heavy (non-hydrogen) atoms. The summed E-state index contributed by atoms with van der Waals surface area (Å²) in [4.78, 5) is 11.5. The Balaban J connectivity index is 2.32. The molecule has 0 saturated heterocycles. The van der Waals surface area contributed by atoms with Gasteiger partial charge < -0.3 is 15.8 Å². The molecule has 0 aliphatic heterocycles. The van der Waals surface area contributed by atoms with Gasteiger partial charge in [-0.15, -0.1) is 0 Å². The van der Waals surface area contributed by atoms with Gasteiger partial charge in [0, 0.05) is 15.7 Å². The number of amides is 1. The first-order chi connectivity index (χ1) is 7.87. The molecule has 1 amide bonds. The van der Waals surface area contributed by atoms with Crippen LogP contribution < -0.4 is 11.1 Å². The van der Waals surface area contributed by atoms with Gasteiger partial charge in [0.15, 0.2) is 0 Å². The lowest BCUT2D eigenvalue weighted by atomic mass is 10.1. The van der Waals surface area contributed by atoms with Crippen molar-refractivity contribution in [3.8, 4) is 0 Å². The maximum atomic E-state index is 11.5. The maximum Gasteiger partial charge on any atom is 0.250 e. The van der Waals surface area contributed by atoms with Crippen molar-refractivity contribution in [3.05, 3.63) is 28.7 Å². The van der Waals surface area contributed by atoms with E-state index in [0.29, 0.717) is 6.61 Å². The zero-order valence-electron chi connectivity index (χ0n) is 10.00. The summed E-state index contributed by atoms with van der Waals surface area (Å²) in [6.45, 7) is 4.05. The molecule has 94 valence electrons. The van der Waals surface area contributed by atoms with Gasteiger partial charge in [0.2, 0.25) is 5.91 Å². The van der Waals surface area contributed by atoms with Gasteiger partial charge in [0.05, 0.1) is 6.61 Å². The highest BCUT2D eigenvalue weighted by atomic mass is 79.9. The van der Waals surface area contributed by atoms with Crippen LogP contribution in [-0.2, 0) is 9.53 Å². The predicted octanol–water partition coefficient (Wildman–Crippen LogP) is 2.14. The molecule has 0 radical (unpaired) electrons. The number of hydrogen-bond donors (Lipinski definition) is 2. The van der Waals surface area contributed by atoms with E-state index in [9.17, 15) is 4.79 Å². The number of anilines is 1. The summed E-state index contributed by atoms with van der Waals surface area (Å²) in [5, 5.41) is 2.73. The summed E-state index contributed by atoms with van der Waals surface area (Å²) in [5.41, 5.74) is 6.05. The average molecular weight is 301 g/mol. The normalized spacial score (nSPS) is 11.3. The van der Waals surface area contributed by atoms with Crippen molar-refractivity contribution in [2.75, 3.05) is 18.5 Å². The largest absolute Gasteiger partial charge is 0.370 e. The van der Waals surface area contributed by atoms with Crippen LogP contribution in [0.4, 0.5) is 5.69 Å². The SMILES string of the molecule is CC(C)(N)COCC(=O)Nc1ccc(Br)cc1. The standard InChI is InChI=1S/C12H17BrN2O2/c1-12(2,14)8-17-7-11(16)15-10-5-3-9(13)4-6-10/h3-6H,7-8,14H2,1-2H3,(H,15,16). The van der Waals surface area contributed by atoms with Gasteiger partial charge in [0.25, 0.3) is 0 Å². The van der Waals surface area contributed by atoms with E-state index in [1.165, 1.54) is 0 Å². The highest BCUT2D eigenvalue weighted by Crippen LogP contribution is 2.13. The van der Waals surface area contributed by atoms with Gasteiger partial charge in [0.1, 0.15) is 6.61 Å². The molecule has 0 aliphatic rings. The predicted molar refractivity (Wildman–Crippen MR) is 71.9 cm³/mol. The lowest BCUT2D eigenvalue weighted by Gasteiger charge is -2.17. The zero-order chi connectivity index (χ0) is 12.9. The molecule has 0 bridgehead atoms. The number of ether oxygens (including phenoxy) is 1. The van der Waals surface area contributed by atoms with Crippen molar-refractivity contribution in [1.29, 1.82) is 0 Å². The molecule has 0 unspecified atom stereocenters. The Hall–Kier alpha value is -0.910. The average Bonchev–Trinajstić information content (AvgIpc) is 2.19. The Labute approximate surface area is 110 Å². The van der Waals surface area contributed by atoms with Crippen molar-refractivity contribution < 1.29 is 9.53 Å². The first-order valence-corrected chi connectivity index (χ1v) is 6.08. The Morgan fingerprint density at radius 3 is 2.53 bits per heavy atom. The van der Waals surface area contributed by atoms with Crippen LogP contribution in [0, 0.1) is 0 Å². The molecule has 3 N–H and O–H groups in total. The summed E-state index contributed by atoms with van der Waals surface area (Å²) in [7, 11) is 0. The number of nitrogens with two attached hydrogens (primary N) is 1. The molecule has 1 rings (SSSR count). The van der Waals surface area contributed by atoms with E-state index in [0.717, 1.165) is 10.2 Å². The molecule has 0 heterocycles. The summed E-state index contributed by atoms with van der Waals surface area (Å²) in [6.07, 6.45) is 0. The first kappa shape index (κ1) is 14.2. The third kappa shape index (κ3) is 6.41. The first-order valence-electron chi connectivity index (χ1n) is 5.29. The van der Waals surface area contributed by atoms with Gasteiger partial charge in [-0.3, -0.25) is 4.79 Å². The molecule has 4 nitrogen and oxygen atoms in total. The fraction of sp³-hybridized carbons (Fsp3) is 0.417. The monoisotopic (exact) mass is 300 g/mol. The van der Waals surface area contributed by atoms with Crippen molar-refractivity contribution in [3.63, 3.8) is 0 Å². The molecule has 1 aromatic carbocycles. The third-order valence-electron chi connectivity index (χ3n) is 1.84. The molecule has 0 aromatic heterocycles. The third-order valence-corrected chi connectivity index (χ3v) is 2.36. The second kappa shape index (κ2) is 6.14. The Morgan fingerprint density at radius 1 is 1.41 bits per heavy atom. The fourth-order valence-corrected chi connectivity index (χ4v) is 1.40. The molecule has 0 spiro atoms. The van der Waals surface area contributed by atoms with Gasteiger partial charge in [-0.1, -0.05) is 15.9 Å². The van der Waals surface area contributed by atoms with E-state index in [4.69, 9.17) is 10.5 Å². The fourth-order valence-electron chi connectivity index (χ4n) is 1.14. The van der Waals surface area contributed by atoms with Gasteiger partial charge in [-0.2, -0.15) is 0 Å². The molecule has 5 heteroatoms. The van der Waals surface area contributed by atoms with E-state index in [1.807, 2.05) is 38.1 Å². The van der Waals surface area contributed by atoms with Crippen LogP contribution in [0.2, 0.25) is 0 Å². The highest BCUT2D eigenvalue weighted by molar-refractivity contribution is 9.10. The zero-order valence-corrected chi connectivity index (χ0v) is 11.6. The minimum absolute atomic E-state index is 0.0106. The molecule has 0 fully saturated rings. The van der Waals surface area contributed by atoms with Crippen molar-refractivity contribution in [2.45, 2.75) is 19.4 Å². The number of hydrogen-bond acceptors (Lipinski definition) is 3. The van der Waals surface area contributed by atoms with Crippen molar-refractivity contribution in [2.24, 2.45) is 5.73 Å². The van der Waals surface area contributed by atoms with E-state index in [1.54, 1.807) is 0 Å². The summed E-state index contributed by atoms with van der Waals surface area (Å²) in [6, 6.07) is 7.35. The van der Waals surface area contributed by atoms with Crippen molar-refractivity contribution >= 4 is 27.5 Å². The van der Waals surface area contributed by atoms with Crippen molar-refractivity contribution in [1.82, 2.24) is 0 Å². The second-order valence-electron chi connectivity index (χ2n) is 4.54. The number of benzene rings is 1. The van der Waals surface area contributed by atoms with E-state index in [-0.39, 0.29) is 12.5 Å². The second-order valence-corrected chi connectivity index (χ2v) is 5.45. The van der Waals surface area contributed by atoms with Crippen LogP contribution in [0.1, 0.15) is 13.8 Å². The lowest BCUT2D eigenvalue weighted by molar-refractivity contribution is -0.121. The summed E-state index contributed by atoms with van der Waals surface area (Å²) < 4.78 is 6.18. The Kier molecular flexibility index (Phi) is 5.11. The number of nitrogens with one attached hydrogen (secondary N) is 1. The minimum atomic E-state index is -0.419. The number of halogens is 1. The summed E-state index contributed by atoms with van der Waals surface area (Å²) >= 11 is 3.32. The number of carbonyl (C=O) groups excluding carboxylic acids is 1. The Morgan fingerprint density at radius 2 is 2.00 bits per heavy atom. The number of carbonyl (C=O) groups is 1. The molecule has 0 atom stereocenters. The summed E-state index contributed by atoms with van der Waals surface area (Å²) in [5.74, 6) is -0.184. The quantitative estimate of drug-likeness (QED) is 0.876.